The highest BCUT2D eigenvalue weighted by atomic mass is 79.9. The number of phenols is 1. The number of benzene rings is 1. The van der Waals surface area contributed by atoms with Crippen molar-refractivity contribution in [3.8, 4) is 11.5 Å². The Morgan fingerprint density at radius 2 is 2.15 bits per heavy atom. The largest absolute Gasteiger partial charge is 0.507 e. The van der Waals surface area contributed by atoms with Crippen LogP contribution in [-0.2, 0) is 6.61 Å². The SMILES string of the molecule is CCOc1cc(CO)cc(O)c1Br. The summed E-state index contributed by atoms with van der Waals surface area (Å²) in [5.41, 5.74) is 0.629. The van der Waals surface area contributed by atoms with Crippen molar-refractivity contribution >= 4 is 15.9 Å². The lowest BCUT2D eigenvalue weighted by atomic mass is 10.2. The molecule has 0 radical (unpaired) electrons. The van der Waals surface area contributed by atoms with Gasteiger partial charge in [0, 0.05) is 0 Å². The van der Waals surface area contributed by atoms with E-state index in [1.165, 1.54) is 6.07 Å². The van der Waals surface area contributed by atoms with Gasteiger partial charge in [-0.3, -0.25) is 0 Å². The quantitative estimate of drug-likeness (QED) is 0.859. The lowest BCUT2D eigenvalue weighted by molar-refractivity contribution is 0.278. The van der Waals surface area contributed by atoms with E-state index >= 15 is 0 Å². The molecule has 0 unspecified atom stereocenters. The standard InChI is InChI=1S/C9H11BrO3/c1-2-13-8-4-6(5-11)3-7(12)9(8)10/h3-4,11-12H,2,5H2,1H3. The molecule has 0 aromatic heterocycles. The molecule has 0 spiro atoms. The predicted octanol–water partition coefficient (Wildman–Crippen LogP) is 2.05. The average Bonchev–Trinajstić information content (AvgIpc) is 2.13. The lowest BCUT2D eigenvalue weighted by Gasteiger charge is -2.08. The molecular weight excluding hydrogens is 236 g/mol. The Hall–Kier alpha value is -0.740. The van der Waals surface area contributed by atoms with Crippen LogP contribution in [0.15, 0.2) is 16.6 Å². The van der Waals surface area contributed by atoms with Crippen LogP contribution in [0.1, 0.15) is 12.5 Å². The summed E-state index contributed by atoms with van der Waals surface area (Å²) >= 11 is 3.19. The highest BCUT2D eigenvalue weighted by Gasteiger charge is 2.07. The molecule has 0 heterocycles. The van der Waals surface area contributed by atoms with Gasteiger partial charge in [-0.25, -0.2) is 0 Å². The molecule has 72 valence electrons. The number of halogens is 1. The van der Waals surface area contributed by atoms with Gasteiger partial charge in [-0.05, 0) is 40.5 Å². The van der Waals surface area contributed by atoms with E-state index in [2.05, 4.69) is 15.9 Å². The number of aliphatic hydroxyl groups excluding tert-OH is 1. The van der Waals surface area contributed by atoms with Gasteiger partial charge >= 0.3 is 0 Å². The molecule has 1 aromatic rings. The van der Waals surface area contributed by atoms with E-state index in [1.807, 2.05) is 6.92 Å². The van der Waals surface area contributed by atoms with E-state index in [1.54, 1.807) is 6.07 Å². The molecule has 0 bridgehead atoms. The molecule has 0 amide bonds. The van der Waals surface area contributed by atoms with E-state index in [-0.39, 0.29) is 12.4 Å². The number of rotatable bonds is 3. The summed E-state index contributed by atoms with van der Waals surface area (Å²) in [6.07, 6.45) is 0. The normalized spacial score (nSPS) is 10.1. The van der Waals surface area contributed by atoms with Crippen LogP contribution in [0.5, 0.6) is 11.5 Å². The number of aromatic hydroxyl groups is 1. The molecule has 3 nitrogen and oxygen atoms in total. The molecule has 0 aliphatic carbocycles. The van der Waals surface area contributed by atoms with Gasteiger partial charge in [0.15, 0.2) is 0 Å². The molecule has 0 aliphatic heterocycles. The first-order valence-corrected chi connectivity index (χ1v) is 4.73. The first-order valence-electron chi connectivity index (χ1n) is 3.94. The average molecular weight is 247 g/mol. The minimum atomic E-state index is -0.110. The van der Waals surface area contributed by atoms with Crippen LogP contribution in [0.3, 0.4) is 0 Å². The summed E-state index contributed by atoms with van der Waals surface area (Å²) in [6.45, 7) is 2.27. The van der Waals surface area contributed by atoms with E-state index in [0.717, 1.165) is 0 Å². The smallest absolute Gasteiger partial charge is 0.137 e. The number of hydrogen-bond donors (Lipinski definition) is 2. The second-order valence-corrected chi connectivity index (χ2v) is 3.31. The van der Waals surface area contributed by atoms with Crippen molar-refractivity contribution in [3.05, 3.63) is 22.2 Å². The number of phenolic OH excluding ortho intramolecular Hbond substituents is 1. The third-order valence-electron chi connectivity index (χ3n) is 1.56. The number of aliphatic hydroxyl groups is 1. The number of ether oxygens (including phenoxy) is 1. The van der Waals surface area contributed by atoms with Crippen LogP contribution >= 0.6 is 15.9 Å². The minimum Gasteiger partial charge on any atom is -0.507 e. The van der Waals surface area contributed by atoms with Crippen molar-refractivity contribution in [1.29, 1.82) is 0 Å². The molecule has 1 rings (SSSR count). The van der Waals surface area contributed by atoms with E-state index in [0.29, 0.717) is 22.4 Å². The van der Waals surface area contributed by atoms with Crippen LogP contribution in [-0.4, -0.2) is 16.8 Å². The molecule has 0 aliphatic rings. The minimum absolute atomic E-state index is 0.0787. The predicted molar refractivity (Wildman–Crippen MR) is 52.9 cm³/mol. The maximum absolute atomic E-state index is 9.40. The van der Waals surface area contributed by atoms with Crippen LogP contribution in [0.2, 0.25) is 0 Å². The summed E-state index contributed by atoms with van der Waals surface area (Å²) in [7, 11) is 0. The van der Waals surface area contributed by atoms with Crippen molar-refractivity contribution in [3.63, 3.8) is 0 Å². The zero-order chi connectivity index (χ0) is 9.84. The van der Waals surface area contributed by atoms with Crippen molar-refractivity contribution in [2.75, 3.05) is 6.61 Å². The van der Waals surface area contributed by atoms with Crippen molar-refractivity contribution in [2.45, 2.75) is 13.5 Å². The molecule has 0 atom stereocenters. The zero-order valence-corrected chi connectivity index (χ0v) is 8.84. The van der Waals surface area contributed by atoms with Gasteiger partial charge in [-0.15, -0.1) is 0 Å². The van der Waals surface area contributed by atoms with E-state index < -0.39 is 0 Å². The Balaban J connectivity index is 3.09. The van der Waals surface area contributed by atoms with Gasteiger partial charge in [0.05, 0.1) is 13.2 Å². The van der Waals surface area contributed by atoms with Gasteiger partial charge in [0.25, 0.3) is 0 Å². The topological polar surface area (TPSA) is 49.7 Å². The van der Waals surface area contributed by atoms with Crippen LogP contribution in [0.4, 0.5) is 0 Å². The van der Waals surface area contributed by atoms with Crippen LogP contribution < -0.4 is 4.74 Å². The Bertz CT molecular complexity index is 299. The van der Waals surface area contributed by atoms with Gasteiger partial charge in [-0.1, -0.05) is 0 Å². The summed E-state index contributed by atoms with van der Waals surface area (Å²) in [4.78, 5) is 0. The van der Waals surface area contributed by atoms with Gasteiger partial charge in [0.1, 0.15) is 16.0 Å². The van der Waals surface area contributed by atoms with Gasteiger partial charge in [-0.2, -0.15) is 0 Å². The molecule has 4 heteroatoms. The first-order chi connectivity index (χ1) is 6.19. The van der Waals surface area contributed by atoms with Crippen molar-refractivity contribution in [1.82, 2.24) is 0 Å². The van der Waals surface area contributed by atoms with E-state index in [4.69, 9.17) is 9.84 Å². The van der Waals surface area contributed by atoms with Crippen molar-refractivity contribution < 1.29 is 14.9 Å². The number of hydrogen-bond acceptors (Lipinski definition) is 3. The summed E-state index contributed by atoms with van der Waals surface area (Å²) in [5, 5.41) is 18.3. The summed E-state index contributed by atoms with van der Waals surface area (Å²) < 4.78 is 5.76. The van der Waals surface area contributed by atoms with Crippen LogP contribution in [0, 0.1) is 0 Å². The molecule has 13 heavy (non-hydrogen) atoms. The maximum atomic E-state index is 9.40. The Morgan fingerprint density at radius 3 is 2.69 bits per heavy atom. The second-order valence-electron chi connectivity index (χ2n) is 2.52. The Labute approximate surface area is 85.1 Å². The molecule has 0 fully saturated rings. The third-order valence-corrected chi connectivity index (χ3v) is 2.36. The third kappa shape index (κ3) is 2.35. The molecular formula is C9H11BrO3. The molecule has 2 N–H and O–H groups in total. The van der Waals surface area contributed by atoms with Crippen LogP contribution in [0.25, 0.3) is 0 Å². The summed E-state index contributed by atoms with van der Waals surface area (Å²) in [5.74, 6) is 0.626. The highest BCUT2D eigenvalue weighted by molar-refractivity contribution is 9.10. The molecule has 0 saturated carbocycles. The Morgan fingerprint density at radius 1 is 1.46 bits per heavy atom. The van der Waals surface area contributed by atoms with Gasteiger partial charge in [0.2, 0.25) is 0 Å². The second kappa shape index (κ2) is 4.48. The van der Waals surface area contributed by atoms with Gasteiger partial charge < -0.3 is 14.9 Å². The summed E-state index contributed by atoms with van der Waals surface area (Å²) in [6, 6.07) is 3.18. The Kier molecular flexibility index (Phi) is 3.57. The fraction of sp³-hybridized carbons (Fsp3) is 0.333. The molecule has 0 saturated heterocycles. The highest BCUT2D eigenvalue weighted by Crippen LogP contribution is 2.34. The first kappa shape index (κ1) is 10.3. The monoisotopic (exact) mass is 246 g/mol. The lowest BCUT2D eigenvalue weighted by Crippen LogP contribution is -1.94. The zero-order valence-electron chi connectivity index (χ0n) is 7.25. The fourth-order valence-corrected chi connectivity index (χ4v) is 1.33. The van der Waals surface area contributed by atoms with E-state index in [9.17, 15) is 5.11 Å². The maximum Gasteiger partial charge on any atom is 0.137 e. The molecule has 1 aromatic carbocycles. The fourth-order valence-electron chi connectivity index (χ4n) is 0.990. The van der Waals surface area contributed by atoms with Crippen molar-refractivity contribution in [2.24, 2.45) is 0 Å².